The minimum absolute atomic E-state index is 0.0643. The summed E-state index contributed by atoms with van der Waals surface area (Å²) < 4.78 is 5.49. The predicted octanol–water partition coefficient (Wildman–Crippen LogP) is 1.53. The van der Waals surface area contributed by atoms with Crippen LogP contribution in [0, 0.1) is 6.92 Å². The number of ether oxygens (including phenoxy) is 1. The Labute approximate surface area is 142 Å². The summed E-state index contributed by atoms with van der Waals surface area (Å²) in [5.41, 5.74) is 2.33. The zero-order valence-corrected chi connectivity index (χ0v) is 14.2. The van der Waals surface area contributed by atoms with Crippen molar-refractivity contribution in [3.63, 3.8) is 0 Å². The Morgan fingerprint density at radius 3 is 2.83 bits per heavy atom. The van der Waals surface area contributed by atoms with E-state index in [0.29, 0.717) is 26.2 Å². The summed E-state index contributed by atoms with van der Waals surface area (Å²) >= 11 is 0. The fraction of sp³-hybridized carbons (Fsp3) is 0.556. The molecular formula is C18H25N3O3. The molecule has 2 heterocycles. The van der Waals surface area contributed by atoms with Gasteiger partial charge in [0.25, 0.3) is 0 Å². The molecular weight excluding hydrogens is 306 g/mol. The monoisotopic (exact) mass is 331 g/mol. The van der Waals surface area contributed by atoms with E-state index in [-0.39, 0.29) is 24.6 Å². The first-order valence-electron chi connectivity index (χ1n) is 8.60. The van der Waals surface area contributed by atoms with Gasteiger partial charge in [-0.15, -0.1) is 0 Å². The summed E-state index contributed by atoms with van der Waals surface area (Å²) in [4.78, 5) is 27.9. The summed E-state index contributed by atoms with van der Waals surface area (Å²) in [6.07, 6.45) is 2.17. The Bertz CT molecular complexity index is 599. The highest BCUT2D eigenvalue weighted by Gasteiger charge is 2.30. The number of urea groups is 1. The van der Waals surface area contributed by atoms with Gasteiger partial charge in [0.2, 0.25) is 5.91 Å². The number of carbonyl (C=O) groups excluding carboxylic acids is 2. The molecule has 0 aromatic heterocycles. The molecule has 0 saturated carbocycles. The van der Waals surface area contributed by atoms with E-state index in [1.165, 1.54) is 5.56 Å². The summed E-state index contributed by atoms with van der Waals surface area (Å²) in [5.74, 6) is -0.114. The van der Waals surface area contributed by atoms with Gasteiger partial charge < -0.3 is 19.9 Å². The minimum atomic E-state index is -0.114. The number of nitrogens with zero attached hydrogens (tertiary/aromatic N) is 2. The molecule has 1 aromatic carbocycles. The van der Waals surface area contributed by atoms with Crippen molar-refractivity contribution in [2.24, 2.45) is 0 Å². The Morgan fingerprint density at radius 2 is 2.08 bits per heavy atom. The van der Waals surface area contributed by atoms with Crippen LogP contribution in [0.25, 0.3) is 0 Å². The van der Waals surface area contributed by atoms with Gasteiger partial charge in [-0.2, -0.15) is 0 Å². The molecule has 2 aliphatic heterocycles. The highest BCUT2D eigenvalue weighted by molar-refractivity contribution is 5.85. The Kier molecular flexibility index (Phi) is 5.35. The molecule has 24 heavy (non-hydrogen) atoms. The maximum absolute atomic E-state index is 12.5. The van der Waals surface area contributed by atoms with Crippen LogP contribution in [0.15, 0.2) is 24.3 Å². The molecule has 6 heteroatoms. The van der Waals surface area contributed by atoms with Crippen LogP contribution in [0.3, 0.4) is 0 Å². The van der Waals surface area contributed by atoms with E-state index in [1.807, 2.05) is 31.2 Å². The first-order chi connectivity index (χ1) is 11.6. The van der Waals surface area contributed by atoms with Crippen LogP contribution in [-0.4, -0.2) is 60.6 Å². The van der Waals surface area contributed by atoms with Crippen molar-refractivity contribution in [2.75, 3.05) is 32.8 Å². The summed E-state index contributed by atoms with van der Waals surface area (Å²) in [7, 11) is 0. The van der Waals surface area contributed by atoms with Crippen molar-refractivity contribution in [1.29, 1.82) is 0 Å². The number of rotatable bonds is 6. The summed E-state index contributed by atoms with van der Waals surface area (Å²) in [5, 5.41) is 2.87. The van der Waals surface area contributed by atoms with Gasteiger partial charge in [0.15, 0.2) is 0 Å². The Balaban J connectivity index is 1.47. The van der Waals surface area contributed by atoms with Crippen molar-refractivity contribution in [2.45, 2.75) is 32.4 Å². The van der Waals surface area contributed by atoms with E-state index in [0.717, 1.165) is 25.0 Å². The lowest BCUT2D eigenvalue weighted by molar-refractivity contribution is -0.122. The third-order valence-electron chi connectivity index (χ3n) is 4.69. The summed E-state index contributed by atoms with van der Waals surface area (Å²) in [6.45, 7) is 5.33. The smallest absolute Gasteiger partial charge is 0.320 e. The van der Waals surface area contributed by atoms with Crippen LogP contribution in [-0.2, 0) is 16.1 Å². The van der Waals surface area contributed by atoms with Gasteiger partial charge in [-0.25, -0.2) is 4.79 Å². The first-order valence-corrected chi connectivity index (χ1v) is 8.60. The van der Waals surface area contributed by atoms with Crippen LogP contribution in [0.1, 0.15) is 24.0 Å². The van der Waals surface area contributed by atoms with Gasteiger partial charge in [0, 0.05) is 32.8 Å². The third-order valence-corrected chi connectivity index (χ3v) is 4.69. The Morgan fingerprint density at radius 1 is 1.29 bits per heavy atom. The van der Waals surface area contributed by atoms with Crippen molar-refractivity contribution in [3.05, 3.63) is 35.4 Å². The SMILES string of the molecule is Cc1ccccc1CN1CCN(CC(=O)NCC2CCCO2)C1=O. The third kappa shape index (κ3) is 4.06. The molecule has 1 unspecified atom stereocenters. The molecule has 1 aromatic rings. The first kappa shape index (κ1) is 16.8. The number of hydrogen-bond donors (Lipinski definition) is 1. The second-order valence-corrected chi connectivity index (χ2v) is 6.49. The molecule has 6 nitrogen and oxygen atoms in total. The predicted molar refractivity (Wildman–Crippen MR) is 90.5 cm³/mol. The Hall–Kier alpha value is -2.08. The van der Waals surface area contributed by atoms with Crippen LogP contribution < -0.4 is 5.32 Å². The highest BCUT2D eigenvalue weighted by atomic mass is 16.5. The quantitative estimate of drug-likeness (QED) is 0.860. The van der Waals surface area contributed by atoms with Crippen LogP contribution >= 0.6 is 0 Å². The molecule has 3 amide bonds. The van der Waals surface area contributed by atoms with E-state index in [4.69, 9.17) is 4.74 Å². The van der Waals surface area contributed by atoms with Gasteiger partial charge in [-0.3, -0.25) is 4.79 Å². The molecule has 2 saturated heterocycles. The van der Waals surface area contributed by atoms with Gasteiger partial charge >= 0.3 is 6.03 Å². The molecule has 0 spiro atoms. The van der Waals surface area contributed by atoms with Gasteiger partial charge in [0.1, 0.15) is 6.54 Å². The van der Waals surface area contributed by atoms with Crippen LogP contribution in [0.2, 0.25) is 0 Å². The minimum Gasteiger partial charge on any atom is -0.376 e. The molecule has 0 aliphatic carbocycles. The lowest BCUT2D eigenvalue weighted by atomic mass is 10.1. The zero-order valence-electron chi connectivity index (χ0n) is 14.2. The molecule has 1 atom stereocenters. The lowest BCUT2D eigenvalue weighted by Crippen LogP contribution is -2.41. The normalized spacial score (nSPS) is 20.7. The lowest BCUT2D eigenvalue weighted by Gasteiger charge is -2.19. The fourth-order valence-corrected chi connectivity index (χ4v) is 3.18. The van der Waals surface area contributed by atoms with Gasteiger partial charge in [-0.1, -0.05) is 24.3 Å². The summed E-state index contributed by atoms with van der Waals surface area (Å²) in [6, 6.07) is 8.01. The number of hydrogen-bond acceptors (Lipinski definition) is 3. The van der Waals surface area contributed by atoms with Gasteiger partial charge in [-0.05, 0) is 30.9 Å². The average molecular weight is 331 g/mol. The zero-order chi connectivity index (χ0) is 16.9. The van der Waals surface area contributed by atoms with Crippen molar-refractivity contribution in [1.82, 2.24) is 15.1 Å². The van der Waals surface area contributed by atoms with Crippen molar-refractivity contribution in [3.8, 4) is 0 Å². The molecule has 130 valence electrons. The standard InChI is InChI=1S/C18H25N3O3/c1-14-5-2-3-6-15(14)12-20-8-9-21(18(20)23)13-17(22)19-11-16-7-4-10-24-16/h2-3,5-6,16H,4,7-13H2,1H3,(H,19,22). The number of aryl methyl sites for hydroxylation is 1. The maximum atomic E-state index is 12.5. The molecule has 2 fully saturated rings. The van der Waals surface area contributed by atoms with E-state index in [2.05, 4.69) is 5.32 Å². The number of nitrogens with one attached hydrogen (secondary N) is 1. The van der Waals surface area contributed by atoms with E-state index in [9.17, 15) is 9.59 Å². The van der Waals surface area contributed by atoms with E-state index < -0.39 is 0 Å². The highest BCUT2D eigenvalue weighted by Crippen LogP contribution is 2.16. The van der Waals surface area contributed by atoms with E-state index in [1.54, 1.807) is 9.80 Å². The van der Waals surface area contributed by atoms with Crippen molar-refractivity contribution < 1.29 is 14.3 Å². The topological polar surface area (TPSA) is 61.9 Å². The van der Waals surface area contributed by atoms with Crippen LogP contribution in [0.5, 0.6) is 0 Å². The molecule has 0 bridgehead atoms. The number of carbonyl (C=O) groups is 2. The average Bonchev–Trinajstić information content (AvgIpc) is 3.20. The molecule has 0 radical (unpaired) electrons. The van der Waals surface area contributed by atoms with Gasteiger partial charge in [0.05, 0.1) is 6.10 Å². The number of amides is 3. The maximum Gasteiger partial charge on any atom is 0.320 e. The van der Waals surface area contributed by atoms with E-state index >= 15 is 0 Å². The fourth-order valence-electron chi connectivity index (χ4n) is 3.18. The second-order valence-electron chi connectivity index (χ2n) is 6.49. The largest absolute Gasteiger partial charge is 0.376 e. The van der Waals surface area contributed by atoms with Crippen LogP contribution in [0.4, 0.5) is 4.79 Å². The number of benzene rings is 1. The second kappa shape index (κ2) is 7.66. The molecule has 3 rings (SSSR count). The van der Waals surface area contributed by atoms with Crippen molar-refractivity contribution >= 4 is 11.9 Å². The molecule has 1 N–H and O–H groups in total. The molecule has 2 aliphatic rings.